The number of aliphatic hydroxyl groups is 1. The number of amides is 2. The highest BCUT2D eigenvalue weighted by molar-refractivity contribution is 5.77. The van der Waals surface area contributed by atoms with Crippen LogP contribution >= 0.6 is 0 Å². The van der Waals surface area contributed by atoms with Gasteiger partial charge in [-0.05, 0) is 26.2 Å². The summed E-state index contributed by atoms with van der Waals surface area (Å²) < 4.78 is 0. The van der Waals surface area contributed by atoms with Crippen molar-refractivity contribution in [2.75, 3.05) is 13.1 Å². The monoisotopic (exact) mass is 284 g/mol. The van der Waals surface area contributed by atoms with Crippen LogP contribution in [0.4, 0.5) is 4.79 Å². The largest absolute Gasteiger partial charge is 0.481 e. The average Bonchev–Trinajstić information content (AvgIpc) is 2.59. The van der Waals surface area contributed by atoms with Crippen molar-refractivity contribution in [2.45, 2.75) is 57.1 Å². The van der Waals surface area contributed by atoms with Gasteiger partial charge in [0.1, 0.15) is 0 Å². The van der Waals surface area contributed by atoms with Crippen LogP contribution in [-0.4, -0.2) is 51.8 Å². The van der Waals surface area contributed by atoms with Crippen LogP contribution in [0.3, 0.4) is 0 Å². The van der Waals surface area contributed by atoms with Gasteiger partial charge < -0.3 is 20.4 Å². The van der Waals surface area contributed by atoms with E-state index in [0.717, 1.165) is 19.3 Å². The maximum Gasteiger partial charge on any atom is 0.317 e. The fraction of sp³-hybridized carbons (Fsp3) is 0.857. The summed E-state index contributed by atoms with van der Waals surface area (Å²) in [5.41, 5.74) is -0.826. The number of aliphatic carboxylic acids is 1. The zero-order chi connectivity index (χ0) is 14.8. The molecule has 0 aromatic rings. The van der Waals surface area contributed by atoms with Gasteiger partial charge in [0.25, 0.3) is 0 Å². The number of carbonyl (C=O) groups is 2. The zero-order valence-electron chi connectivity index (χ0n) is 12.0. The number of hydrogen-bond acceptors (Lipinski definition) is 3. The number of carboxylic acids is 1. The second kappa shape index (κ2) is 5.99. The summed E-state index contributed by atoms with van der Waals surface area (Å²) in [6.45, 7) is 2.54. The van der Waals surface area contributed by atoms with Gasteiger partial charge in [0.05, 0.1) is 18.1 Å². The highest BCUT2D eigenvalue weighted by atomic mass is 16.4. The van der Waals surface area contributed by atoms with Gasteiger partial charge in [-0.1, -0.05) is 19.3 Å². The van der Waals surface area contributed by atoms with Crippen LogP contribution in [0.5, 0.6) is 0 Å². The molecule has 1 aliphatic heterocycles. The molecule has 1 saturated heterocycles. The first-order chi connectivity index (χ1) is 9.39. The SMILES string of the molecule is CC1(O)CCN(C(=O)NC2CCCCCC2C(=O)O)C1. The van der Waals surface area contributed by atoms with E-state index in [-0.39, 0.29) is 12.1 Å². The van der Waals surface area contributed by atoms with Gasteiger partial charge in [0.2, 0.25) is 0 Å². The molecule has 6 nitrogen and oxygen atoms in total. The van der Waals surface area contributed by atoms with E-state index in [2.05, 4.69) is 5.32 Å². The minimum absolute atomic E-state index is 0.249. The third kappa shape index (κ3) is 3.62. The highest BCUT2D eigenvalue weighted by Crippen LogP contribution is 2.25. The average molecular weight is 284 g/mol. The Balaban J connectivity index is 1.96. The Labute approximate surface area is 119 Å². The first-order valence-electron chi connectivity index (χ1n) is 7.40. The molecular formula is C14H24N2O4. The Morgan fingerprint density at radius 1 is 1.25 bits per heavy atom. The van der Waals surface area contributed by atoms with E-state index in [1.165, 1.54) is 0 Å². The minimum Gasteiger partial charge on any atom is -0.481 e. The predicted molar refractivity (Wildman–Crippen MR) is 73.3 cm³/mol. The van der Waals surface area contributed by atoms with Crippen molar-refractivity contribution in [2.24, 2.45) is 5.92 Å². The van der Waals surface area contributed by atoms with Crippen LogP contribution in [0.25, 0.3) is 0 Å². The van der Waals surface area contributed by atoms with Gasteiger partial charge in [0, 0.05) is 12.6 Å². The maximum atomic E-state index is 12.2. The molecule has 3 N–H and O–H groups in total. The van der Waals surface area contributed by atoms with Crippen molar-refractivity contribution in [3.8, 4) is 0 Å². The molecule has 2 amide bonds. The number of hydrogen-bond donors (Lipinski definition) is 3. The van der Waals surface area contributed by atoms with Gasteiger partial charge in [-0.2, -0.15) is 0 Å². The van der Waals surface area contributed by atoms with E-state index in [1.54, 1.807) is 11.8 Å². The summed E-state index contributed by atoms with van der Waals surface area (Å²) in [4.78, 5) is 25.1. The third-order valence-corrected chi connectivity index (χ3v) is 4.38. The van der Waals surface area contributed by atoms with Crippen LogP contribution < -0.4 is 5.32 Å². The molecule has 3 atom stereocenters. The lowest BCUT2D eigenvalue weighted by Gasteiger charge is -2.26. The number of nitrogens with one attached hydrogen (secondary N) is 1. The van der Waals surface area contributed by atoms with Crippen LogP contribution in [0.1, 0.15) is 45.4 Å². The Bertz CT molecular complexity index is 383. The highest BCUT2D eigenvalue weighted by Gasteiger charge is 2.36. The normalized spacial score (nSPS) is 34.6. The van der Waals surface area contributed by atoms with E-state index >= 15 is 0 Å². The summed E-state index contributed by atoms with van der Waals surface area (Å²) >= 11 is 0. The Kier molecular flexibility index (Phi) is 4.52. The topological polar surface area (TPSA) is 89.9 Å². The van der Waals surface area contributed by atoms with Gasteiger partial charge in [-0.15, -0.1) is 0 Å². The summed E-state index contributed by atoms with van der Waals surface area (Å²) in [6, 6.07) is -0.547. The molecule has 3 unspecified atom stereocenters. The third-order valence-electron chi connectivity index (χ3n) is 4.38. The fourth-order valence-electron chi connectivity index (χ4n) is 3.14. The molecule has 6 heteroatoms. The van der Waals surface area contributed by atoms with Gasteiger partial charge in [0.15, 0.2) is 0 Å². The Hall–Kier alpha value is -1.30. The molecule has 2 fully saturated rings. The number of nitrogens with zero attached hydrogens (tertiary/aromatic N) is 1. The van der Waals surface area contributed by atoms with Crippen molar-refractivity contribution in [3.05, 3.63) is 0 Å². The number of carbonyl (C=O) groups excluding carboxylic acids is 1. The molecule has 0 aromatic carbocycles. The van der Waals surface area contributed by atoms with Crippen LogP contribution in [-0.2, 0) is 4.79 Å². The van der Waals surface area contributed by atoms with Crippen molar-refractivity contribution in [1.82, 2.24) is 10.2 Å². The molecule has 1 saturated carbocycles. The maximum absolute atomic E-state index is 12.2. The number of likely N-dealkylation sites (tertiary alicyclic amines) is 1. The number of urea groups is 1. The molecule has 2 aliphatic rings. The van der Waals surface area contributed by atoms with Crippen LogP contribution in [0.15, 0.2) is 0 Å². The van der Waals surface area contributed by atoms with Crippen molar-refractivity contribution < 1.29 is 19.8 Å². The smallest absolute Gasteiger partial charge is 0.317 e. The van der Waals surface area contributed by atoms with Crippen LogP contribution in [0.2, 0.25) is 0 Å². The Morgan fingerprint density at radius 3 is 2.55 bits per heavy atom. The number of β-amino-alcohol motifs (C(OH)–C–C–N with tert-alkyl or cyclic N) is 1. The first-order valence-corrected chi connectivity index (χ1v) is 7.40. The summed E-state index contributed by atoms with van der Waals surface area (Å²) in [6.07, 6.45) is 4.78. The second-order valence-electron chi connectivity index (χ2n) is 6.31. The number of carboxylic acid groups (broad SMARTS) is 1. The molecule has 20 heavy (non-hydrogen) atoms. The molecule has 0 radical (unpaired) electrons. The van der Waals surface area contributed by atoms with Crippen molar-refractivity contribution >= 4 is 12.0 Å². The summed E-state index contributed by atoms with van der Waals surface area (Å²) in [7, 11) is 0. The molecular weight excluding hydrogens is 260 g/mol. The lowest BCUT2D eigenvalue weighted by atomic mass is 9.95. The fourth-order valence-corrected chi connectivity index (χ4v) is 3.14. The van der Waals surface area contributed by atoms with E-state index in [4.69, 9.17) is 0 Å². The quantitative estimate of drug-likeness (QED) is 0.664. The predicted octanol–water partition coefficient (Wildman–Crippen LogP) is 1.19. The zero-order valence-corrected chi connectivity index (χ0v) is 12.0. The first kappa shape index (κ1) is 15.1. The van der Waals surface area contributed by atoms with E-state index in [0.29, 0.717) is 32.4 Å². The second-order valence-corrected chi connectivity index (χ2v) is 6.31. The minimum atomic E-state index is -0.828. The standard InChI is InChI=1S/C14H24N2O4/c1-14(20)7-8-16(9-14)13(19)15-11-6-4-2-3-5-10(11)12(17)18/h10-11,20H,2-9H2,1H3,(H,15,19)(H,17,18). The molecule has 0 bridgehead atoms. The molecule has 0 spiro atoms. The van der Waals surface area contributed by atoms with Gasteiger partial charge in [-0.3, -0.25) is 4.79 Å². The molecule has 2 rings (SSSR count). The Morgan fingerprint density at radius 2 is 1.95 bits per heavy atom. The summed E-state index contributed by atoms with van der Waals surface area (Å²) in [5, 5.41) is 22.0. The van der Waals surface area contributed by atoms with E-state index in [9.17, 15) is 19.8 Å². The van der Waals surface area contributed by atoms with Gasteiger partial charge >= 0.3 is 12.0 Å². The van der Waals surface area contributed by atoms with E-state index < -0.39 is 17.5 Å². The molecule has 1 heterocycles. The van der Waals surface area contributed by atoms with Crippen LogP contribution in [0, 0.1) is 5.92 Å². The van der Waals surface area contributed by atoms with Crippen molar-refractivity contribution in [1.29, 1.82) is 0 Å². The molecule has 0 aromatic heterocycles. The lowest BCUT2D eigenvalue weighted by Crippen LogP contribution is -2.49. The van der Waals surface area contributed by atoms with E-state index in [1.807, 2.05) is 0 Å². The van der Waals surface area contributed by atoms with Gasteiger partial charge in [-0.25, -0.2) is 4.79 Å². The summed E-state index contributed by atoms with van der Waals surface area (Å²) in [5.74, 6) is -1.32. The molecule has 114 valence electrons. The molecule has 1 aliphatic carbocycles. The lowest BCUT2D eigenvalue weighted by molar-refractivity contribution is -0.142. The number of rotatable bonds is 2. The van der Waals surface area contributed by atoms with Crippen molar-refractivity contribution in [3.63, 3.8) is 0 Å².